The van der Waals surface area contributed by atoms with Crippen LogP contribution in [-0.2, 0) is 53.0 Å². The van der Waals surface area contributed by atoms with E-state index in [0.29, 0.717) is 30.4 Å². The van der Waals surface area contributed by atoms with Gasteiger partial charge in [0.25, 0.3) is 5.91 Å². The maximum atomic E-state index is 14.0. The van der Waals surface area contributed by atoms with Gasteiger partial charge in [-0.15, -0.1) is 11.3 Å². The lowest BCUT2D eigenvalue weighted by Gasteiger charge is -2.35. The van der Waals surface area contributed by atoms with E-state index in [-0.39, 0.29) is 76.9 Å². The van der Waals surface area contributed by atoms with Crippen LogP contribution >= 0.6 is 11.3 Å². The van der Waals surface area contributed by atoms with E-state index in [1.807, 2.05) is 76.2 Å². The fourth-order valence-corrected chi connectivity index (χ4v) is 10.1. The molecule has 5 heterocycles. The Morgan fingerprint density at radius 1 is 0.932 bits per heavy atom. The van der Waals surface area contributed by atoms with E-state index in [9.17, 15) is 29.1 Å². The second kappa shape index (κ2) is 24.6. The number of rotatable bonds is 23. The Labute approximate surface area is 433 Å². The number of thiazole rings is 1. The number of aliphatic hydroxyl groups is 1. The SMILES string of the molecule is Cc1ncsc1-c1ccc(CNC(=O)[C@@H]2C[C@@H](O)CN2C(=O)C(NC(=O)COCCOCCOCC(=O)NCCn2ncc3cc(C(=O)Nc4ccc5[nH]c(CN6CCC[C@@H]6C)nc5c4)ccc32)C(C)(C)C)cc1. The molecule has 21 heteroatoms. The maximum absolute atomic E-state index is 14.0. The second-order valence-electron chi connectivity index (χ2n) is 20.0. The minimum atomic E-state index is -0.993. The van der Waals surface area contributed by atoms with Crippen molar-refractivity contribution in [3.63, 3.8) is 0 Å². The Morgan fingerprint density at radius 3 is 2.41 bits per heavy atom. The van der Waals surface area contributed by atoms with Crippen LogP contribution in [0.1, 0.15) is 74.4 Å². The summed E-state index contributed by atoms with van der Waals surface area (Å²) in [5.41, 5.74) is 7.66. The molecule has 2 saturated heterocycles. The Bertz CT molecular complexity index is 2910. The first-order chi connectivity index (χ1) is 35.6. The fraction of sp³-hybridized carbons (Fsp3) is 0.472. The minimum Gasteiger partial charge on any atom is -0.391 e. The average molecular weight is 1030 g/mol. The molecule has 2 aliphatic heterocycles. The molecule has 2 aliphatic rings. The van der Waals surface area contributed by atoms with Gasteiger partial charge in [0.05, 0.1) is 84.4 Å². The zero-order valence-corrected chi connectivity index (χ0v) is 43.5. The number of fused-ring (bicyclic) bond motifs is 2. The molecule has 0 spiro atoms. The summed E-state index contributed by atoms with van der Waals surface area (Å²) in [5.74, 6) is -0.998. The van der Waals surface area contributed by atoms with Gasteiger partial charge < -0.3 is 50.5 Å². The van der Waals surface area contributed by atoms with E-state index < -0.39 is 35.4 Å². The molecule has 6 aromatic rings. The second-order valence-corrected chi connectivity index (χ2v) is 20.8. The van der Waals surface area contributed by atoms with Crippen LogP contribution < -0.4 is 21.3 Å². The predicted octanol–water partition coefficient (Wildman–Crippen LogP) is 4.56. The zero-order valence-electron chi connectivity index (χ0n) is 42.6. The van der Waals surface area contributed by atoms with Crippen molar-refractivity contribution in [3.05, 3.63) is 95.0 Å². The standard InChI is InChI=1S/C53H67N11O9S/c1-33-7-6-17-62(33)29-45-59-41-14-13-39(24-42(41)60-45)58-50(68)37-12-15-43-38(23-37)27-57-64(43)18-16-54-46(66)30-72-21-19-71-20-22-73-31-47(67)61-49(53(3,4)5)52(70)63-28-40(65)25-44(63)51(69)55-26-35-8-10-36(11-9-35)48-34(2)56-32-74-48/h8-15,23-24,27,32-33,40,44,49,65H,6-7,16-22,25-26,28-31H2,1-5H3,(H,54,66)(H,55,69)(H,58,68)(H,59,60)(H,61,67)/t33-,40+,44-,49?/m0/s1. The largest absolute Gasteiger partial charge is 0.391 e. The van der Waals surface area contributed by atoms with Crippen LogP contribution in [0.15, 0.2) is 72.4 Å². The molecule has 0 radical (unpaired) electrons. The molecular weight excluding hydrogens is 967 g/mol. The predicted molar refractivity (Wildman–Crippen MR) is 280 cm³/mol. The van der Waals surface area contributed by atoms with Crippen LogP contribution in [0.3, 0.4) is 0 Å². The molecule has 5 amide bonds. The Balaban J connectivity index is 0.681. The fourth-order valence-electron chi connectivity index (χ4n) is 9.24. The van der Waals surface area contributed by atoms with Crippen LogP contribution in [0.4, 0.5) is 5.69 Å². The number of carbonyl (C=O) groups is 5. The van der Waals surface area contributed by atoms with Crippen LogP contribution in [0.25, 0.3) is 32.4 Å². The van der Waals surface area contributed by atoms with Crippen molar-refractivity contribution < 1.29 is 43.3 Å². The number of benzene rings is 3. The average Bonchev–Trinajstić information content (AvgIpc) is 4.24. The van der Waals surface area contributed by atoms with E-state index in [1.54, 1.807) is 39.9 Å². The van der Waals surface area contributed by atoms with E-state index in [0.717, 1.165) is 62.5 Å². The number of aryl methyl sites for hydroxylation is 1. The quantitative estimate of drug-likeness (QED) is 0.0483. The van der Waals surface area contributed by atoms with Crippen molar-refractivity contribution in [2.24, 2.45) is 5.41 Å². The number of hydrogen-bond acceptors (Lipinski definition) is 14. The van der Waals surface area contributed by atoms with Gasteiger partial charge in [-0.05, 0) is 86.2 Å². The van der Waals surface area contributed by atoms with Crippen molar-refractivity contribution in [2.45, 2.75) is 97.7 Å². The Kier molecular flexibility index (Phi) is 17.8. The van der Waals surface area contributed by atoms with Crippen molar-refractivity contribution in [1.82, 2.24) is 50.5 Å². The maximum Gasteiger partial charge on any atom is 0.255 e. The lowest BCUT2D eigenvalue weighted by atomic mass is 9.85. The van der Waals surface area contributed by atoms with Crippen molar-refractivity contribution >= 4 is 68.5 Å². The van der Waals surface area contributed by atoms with Crippen molar-refractivity contribution in [2.75, 3.05) is 64.6 Å². The van der Waals surface area contributed by atoms with Gasteiger partial charge in [0.15, 0.2) is 0 Å². The smallest absolute Gasteiger partial charge is 0.255 e. The third-order valence-electron chi connectivity index (χ3n) is 13.3. The third kappa shape index (κ3) is 13.9. The highest BCUT2D eigenvalue weighted by molar-refractivity contribution is 7.13. The zero-order chi connectivity index (χ0) is 52.4. The Morgan fingerprint density at radius 2 is 1.69 bits per heavy atom. The molecule has 1 unspecified atom stereocenters. The van der Waals surface area contributed by atoms with Gasteiger partial charge in [-0.25, -0.2) is 9.97 Å². The van der Waals surface area contributed by atoms with Crippen LogP contribution in [0, 0.1) is 12.3 Å². The van der Waals surface area contributed by atoms with Crippen LogP contribution in [0.2, 0.25) is 0 Å². The molecule has 4 atom stereocenters. The molecule has 0 aliphatic carbocycles. The normalized spacial score (nSPS) is 17.5. The molecule has 3 aromatic heterocycles. The molecule has 8 rings (SSSR count). The molecule has 3 aromatic carbocycles. The van der Waals surface area contributed by atoms with Crippen molar-refractivity contribution in [1.29, 1.82) is 0 Å². The number of β-amino-alcohol motifs (C(OH)–C–C–N with tert-alkyl or cyclic N) is 1. The number of aromatic nitrogens is 5. The third-order valence-corrected chi connectivity index (χ3v) is 14.3. The van der Waals surface area contributed by atoms with Gasteiger partial charge in [0.1, 0.15) is 31.1 Å². The number of nitrogens with zero attached hydrogens (tertiary/aromatic N) is 6. The first-order valence-corrected chi connectivity index (χ1v) is 26.0. The van der Waals surface area contributed by atoms with E-state index >= 15 is 0 Å². The summed E-state index contributed by atoms with van der Waals surface area (Å²) in [7, 11) is 0. The van der Waals surface area contributed by atoms with E-state index in [2.05, 4.69) is 48.2 Å². The number of anilines is 1. The van der Waals surface area contributed by atoms with Gasteiger partial charge in [0, 0.05) is 48.7 Å². The van der Waals surface area contributed by atoms with E-state index in [4.69, 9.17) is 19.2 Å². The number of ether oxygens (including phenoxy) is 3. The number of aliphatic hydroxyl groups excluding tert-OH is 1. The number of hydrogen-bond donors (Lipinski definition) is 6. The summed E-state index contributed by atoms with van der Waals surface area (Å²) in [6.45, 7) is 12.5. The number of amides is 5. The number of imidazole rings is 1. The van der Waals surface area contributed by atoms with Gasteiger partial charge in [-0.2, -0.15) is 5.10 Å². The molecule has 394 valence electrons. The van der Waals surface area contributed by atoms with Gasteiger partial charge in [-0.1, -0.05) is 45.0 Å². The molecule has 0 bridgehead atoms. The summed E-state index contributed by atoms with van der Waals surface area (Å²) < 4.78 is 18.3. The molecular formula is C53H67N11O9S. The summed E-state index contributed by atoms with van der Waals surface area (Å²) in [6, 6.07) is 17.5. The summed E-state index contributed by atoms with van der Waals surface area (Å²) >= 11 is 1.56. The number of nitrogens with one attached hydrogen (secondary N) is 5. The number of aromatic amines is 1. The highest BCUT2D eigenvalue weighted by atomic mass is 32.1. The minimum absolute atomic E-state index is 0.0350. The number of carbonyl (C=O) groups excluding carboxylic acids is 5. The number of H-pyrrole nitrogens is 1. The number of likely N-dealkylation sites (tertiary alicyclic amines) is 2. The Hall–Kier alpha value is -6.62. The first kappa shape index (κ1) is 53.7. The highest BCUT2D eigenvalue weighted by Gasteiger charge is 2.44. The monoisotopic (exact) mass is 1030 g/mol. The summed E-state index contributed by atoms with van der Waals surface area (Å²) in [6.07, 6.45) is 3.29. The molecule has 20 nitrogen and oxygen atoms in total. The summed E-state index contributed by atoms with van der Waals surface area (Å²) in [5, 5.41) is 27.3. The summed E-state index contributed by atoms with van der Waals surface area (Å²) in [4.78, 5) is 83.4. The van der Waals surface area contributed by atoms with Crippen LogP contribution in [-0.4, -0.2) is 153 Å². The van der Waals surface area contributed by atoms with Gasteiger partial charge >= 0.3 is 0 Å². The highest BCUT2D eigenvalue weighted by Crippen LogP contribution is 2.29. The van der Waals surface area contributed by atoms with Gasteiger partial charge in [-0.3, -0.25) is 33.6 Å². The van der Waals surface area contributed by atoms with Crippen LogP contribution in [0.5, 0.6) is 0 Å². The van der Waals surface area contributed by atoms with E-state index in [1.165, 1.54) is 17.7 Å². The lowest BCUT2D eigenvalue weighted by molar-refractivity contribution is -0.144. The molecule has 2 fully saturated rings. The van der Waals surface area contributed by atoms with Crippen molar-refractivity contribution in [3.8, 4) is 10.4 Å². The molecule has 6 N–H and O–H groups in total. The molecule has 74 heavy (non-hydrogen) atoms. The van der Waals surface area contributed by atoms with Gasteiger partial charge in [0.2, 0.25) is 23.6 Å². The molecule has 0 saturated carbocycles. The topological polar surface area (TPSA) is 247 Å². The first-order valence-electron chi connectivity index (χ1n) is 25.1. The lowest BCUT2D eigenvalue weighted by Crippen LogP contribution is -2.58.